The van der Waals surface area contributed by atoms with Crippen molar-refractivity contribution < 1.29 is 19.1 Å². The first kappa shape index (κ1) is 32.7. The van der Waals surface area contributed by atoms with Crippen LogP contribution < -0.4 is 16.4 Å². The highest BCUT2D eigenvalue weighted by Gasteiger charge is 2.31. The molecule has 2 heterocycles. The summed E-state index contributed by atoms with van der Waals surface area (Å²) in [5.74, 6) is 0.338. The predicted octanol–water partition coefficient (Wildman–Crippen LogP) is 6.97. The Hall–Kier alpha value is -3.24. The molecule has 1 aliphatic heterocycles. The van der Waals surface area contributed by atoms with Crippen molar-refractivity contribution in [1.29, 1.82) is 0 Å². The van der Waals surface area contributed by atoms with Crippen LogP contribution in [0.25, 0.3) is 22.0 Å². The quantitative estimate of drug-likeness (QED) is 0.208. The zero-order valence-corrected chi connectivity index (χ0v) is 26.7. The number of aromatic nitrogens is 1. The fourth-order valence-electron chi connectivity index (χ4n) is 6.02. The average Bonchev–Trinajstić information content (AvgIpc) is 3.27. The summed E-state index contributed by atoms with van der Waals surface area (Å²) in [6, 6.07) is 11.3. The van der Waals surface area contributed by atoms with E-state index in [0.717, 1.165) is 72.4 Å². The third kappa shape index (κ3) is 8.23. The summed E-state index contributed by atoms with van der Waals surface area (Å²) in [6.45, 7) is 11.9. The first-order chi connectivity index (χ1) is 20.5. The van der Waals surface area contributed by atoms with Gasteiger partial charge in [-0.2, -0.15) is 0 Å². The van der Waals surface area contributed by atoms with E-state index >= 15 is 0 Å². The summed E-state index contributed by atoms with van der Waals surface area (Å²) >= 11 is 1.75. The molecule has 43 heavy (non-hydrogen) atoms. The number of anilines is 1. The maximum absolute atomic E-state index is 14.2. The number of primary amides is 1. The number of halogens is 1. The zero-order chi connectivity index (χ0) is 31.1. The largest absolute Gasteiger partial charge is 0.465 e. The molecule has 2 aliphatic rings. The summed E-state index contributed by atoms with van der Waals surface area (Å²) in [5, 5.41) is 15.2. The summed E-state index contributed by atoms with van der Waals surface area (Å²) in [7, 11) is 0. The van der Waals surface area contributed by atoms with Crippen LogP contribution in [0.4, 0.5) is 14.9 Å². The van der Waals surface area contributed by atoms with Crippen LogP contribution >= 0.6 is 11.9 Å². The van der Waals surface area contributed by atoms with Crippen molar-refractivity contribution in [2.45, 2.75) is 72.3 Å². The zero-order valence-electron chi connectivity index (χ0n) is 25.8. The summed E-state index contributed by atoms with van der Waals surface area (Å²) < 4.78 is 16.4. The van der Waals surface area contributed by atoms with E-state index in [1.165, 1.54) is 31.0 Å². The maximum atomic E-state index is 14.2. The summed E-state index contributed by atoms with van der Waals surface area (Å²) in [4.78, 5) is 24.4. The van der Waals surface area contributed by atoms with Gasteiger partial charge in [0.1, 0.15) is 5.82 Å². The Morgan fingerprint density at radius 3 is 2.49 bits per heavy atom. The Morgan fingerprint density at radius 2 is 1.84 bits per heavy atom. The highest BCUT2D eigenvalue weighted by atomic mass is 32.2. The molecule has 3 aromatic rings. The van der Waals surface area contributed by atoms with Crippen LogP contribution in [-0.2, 0) is 6.42 Å². The van der Waals surface area contributed by atoms with Gasteiger partial charge in [-0.15, -0.1) is 0 Å². The Labute approximate surface area is 258 Å². The molecule has 0 unspecified atom stereocenters. The number of carbonyl (C=O) groups excluding carboxylic acids is 1. The molecule has 1 fully saturated rings. The molecule has 0 saturated heterocycles. The lowest BCUT2D eigenvalue weighted by Crippen LogP contribution is -2.33. The molecule has 8 nitrogen and oxygen atoms in total. The first-order valence-corrected chi connectivity index (χ1v) is 16.3. The number of rotatable bonds is 9. The van der Waals surface area contributed by atoms with Gasteiger partial charge in [-0.25, -0.2) is 9.18 Å². The molecule has 10 heteroatoms. The second-order valence-corrected chi connectivity index (χ2v) is 13.2. The van der Waals surface area contributed by atoms with Gasteiger partial charge in [0, 0.05) is 47.2 Å². The Kier molecular flexibility index (Phi) is 11.0. The minimum Gasteiger partial charge on any atom is -0.465 e. The molecule has 5 N–H and O–H groups in total. The van der Waals surface area contributed by atoms with Gasteiger partial charge in [-0.3, -0.25) is 8.77 Å². The van der Waals surface area contributed by atoms with Gasteiger partial charge in [-0.05, 0) is 85.6 Å². The summed E-state index contributed by atoms with van der Waals surface area (Å²) in [6.07, 6.45) is 5.87. The number of benzene rings is 2. The van der Waals surface area contributed by atoms with Crippen LogP contribution in [0, 0.1) is 11.2 Å². The minimum atomic E-state index is -0.947. The van der Waals surface area contributed by atoms with Crippen molar-refractivity contribution in [3.05, 3.63) is 53.5 Å². The summed E-state index contributed by atoms with van der Waals surface area (Å²) in [5.41, 5.74) is 11.5. The second kappa shape index (κ2) is 14.5. The standard InChI is InChI=1S/C26H30FN3OS.C7H16N2O2/c1-26(2)14-23-24(20-11-9-17(27)13-22(20)30(23)32-15-26)16-8-10-19(25(28)31)21(12-16)29-18-6-4-3-5-7-18;1-3-9(4-2)6-5-8-7(10)11/h8-13,18,29H,3-7,14-15H2,1-2H3,(H2,28,31);8H,3-6H2,1-2H3,(H,10,11). The van der Waals surface area contributed by atoms with Crippen molar-refractivity contribution >= 4 is 40.5 Å². The molecule has 2 aromatic carbocycles. The molecule has 0 atom stereocenters. The Morgan fingerprint density at radius 1 is 1.12 bits per heavy atom. The van der Waals surface area contributed by atoms with Crippen LogP contribution in [0.2, 0.25) is 0 Å². The number of nitrogens with two attached hydrogens (primary N) is 1. The highest BCUT2D eigenvalue weighted by molar-refractivity contribution is 7.98. The lowest BCUT2D eigenvalue weighted by Gasteiger charge is -2.31. The average molecular weight is 612 g/mol. The van der Waals surface area contributed by atoms with Gasteiger partial charge in [0.15, 0.2) is 0 Å². The van der Waals surface area contributed by atoms with Gasteiger partial charge < -0.3 is 26.4 Å². The molecule has 0 bridgehead atoms. The van der Waals surface area contributed by atoms with Gasteiger partial charge >= 0.3 is 6.09 Å². The van der Waals surface area contributed by atoms with Gasteiger partial charge in [-0.1, -0.05) is 53.0 Å². The SMILES string of the molecule is CC1(C)CSn2c(c(-c3ccc(C(N)=O)c(NC4CCCCC4)c3)c3ccc(F)cc32)C1.CCN(CC)CCNC(=O)O. The highest BCUT2D eigenvalue weighted by Crippen LogP contribution is 2.45. The van der Waals surface area contributed by atoms with Gasteiger partial charge in [0.2, 0.25) is 0 Å². The molecular formula is C33H46FN5O3S. The molecule has 1 aromatic heterocycles. The first-order valence-electron chi connectivity index (χ1n) is 15.4. The van der Waals surface area contributed by atoms with Crippen molar-refractivity contribution in [3.8, 4) is 11.1 Å². The number of fused-ring (bicyclic) bond motifs is 3. The van der Waals surface area contributed by atoms with Crippen molar-refractivity contribution in [3.63, 3.8) is 0 Å². The molecule has 1 saturated carbocycles. The van der Waals surface area contributed by atoms with E-state index in [1.54, 1.807) is 18.0 Å². The number of carboxylic acid groups (broad SMARTS) is 1. The van der Waals surface area contributed by atoms with E-state index < -0.39 is 12.0 Å². The molecule has 234 valence electrons. The normalized spacial score (nSPS) is 16.3. The molecule has 0 spiro atoms. The van der Waals surface area contributed by atoms with Crippen LogP contribution in [0.5, 0.6) is 0 Å². The molecule has 1 aliphatic carbocycles. The van der Waals surface area contributed by atoms with E-state index in [1.807, 2.05) is 18.2 Å². The van der Waals surface area contributed by atoms with E-state index in [0.29, 0.717) is 18.2 Å². The van der Waals surface area contributed by atoms with Crippen LogP contribution in [0.15, 0.2) is 36.4 Å². The Bertz CT molecular complexity index is 1430. The molecule has 0 radical (unpaired) electrons. The number of nitrogens with one attached hydrogen (secondary N) is 2. The van der Waals surface area contributed by atoms with Crippen LogP contribution in [0.1, 0.15) is 75.9 Å². The predicted molar refractivity (Wildman–Crippen MR) is 176 cm³/mol. The third-order valence-corrected chi connectivity index (χ3v) is 9.94. The molecule has 5 rings (SSSR count). The fourth-order valence-corrected chi connectivity index (χ4v) is 7.20. The minimum absolute atomic E-state index is 0.151. The van der Waals surface area contributed by atoms with E-state index in [9.17, 15) is 14.0 Å². The molecular weight excluding hydrogens is 565 g/mol. The van der Waals surface area contributed by atoms with Crippen molar-refractivity contribution in [2.75, 3.05) is 37.2 Å². The van der Waals surface area contributed by atoms with E-state index in [-0.39, 0.29) is 11.2 Å². The van der Waals surface area contributed by atoms with E-state index in [4.69, 9.17) is 10.8 Å². The maximum Gasteiger partial charge on any atom is 0.404 e. The smallest absolute Gasteiger partial charge is 0.404 e. The number of likely N-dealkylation sites (N-methyl/N-ethyl adjacent to an activating group) is 1. The number of nitrogens with zero attached hydrogens (tertiary/aromatic N) is 2. The van der Waals surface area contributed by atoms with Gasteiger partial charge in [0.05, 0.1) is 11.1 Å². The van der Waals surface area contributed by atoms with Crippen molar-refractivity contribution in [2.24, 2.45) is 11.1 Å². The monoisotopic (exact) mass is 611 g/mol. The molecule has 2 amide bonds. The number of carbonyl (C=O) groups is 2. The lowest BCUT2D eigenvalue weighted by molar-refractivity contribution is 0.100. The fraction of sp³-hybridized carbons (Fsp3) is 0.515. The van der Waals surface area contributed by atoms with Gasteiger partial charge in [0.25, 0.3) is 5.91 Å². The number of hydrogen-bond acceptors (Lipinski definition) is 5. The lowest BCUT2D eigenvalue weighted by atomic mass is 9.87. The van der Waals surface area contributed by atoms with Crippen LogP contribution in [0.3, 0.4) is 0 Å². The van der Waals surface area contributed by atoms with E-state index in [2.05, 4.69) is 53.3 Å². The Balaban J connectivity index is 0.000000330. The number of amides is 2. The third-order valence-electron chi connectivity index (χ3n) is 8.35. The van der Waals surface area contributed by atoms with Crippen molar-refractivity contribution in [1.82, 2.24) is 14.2 Å². The number of hydrogen-bond donors (Lipinski definition) is 4. The topological polar surface area (TPSA) is 113 Å². The van der Waals surface area contributed by atoms with Crippen LogP contribution in [-0.4, -0.2) is 64.0 Å². The second-order valence-electron chi connectivity index (χ2n) is 12.3.